The summed E-state index contributed by atoms with van der Waals surface area (Å²) in [4.78, 5) is 21.7. The van der Waals surface area contributed by atoms with Crippen molar-refractivity contribution in [3.8, 4) is 0 Å². The standard InChI is InChI=1S/C9H18N3O2S/c10-4-2-1-3-8(11)9(14)12-7(5-13)6-15/h7-8,15H,1-4,6,10-11H2,(H,12,14)/t7-,8+/m1/s1. The van der Waals surface area contributed by atoms with Crippen LogP contribution in [0.5, 0.6) is 0 Å². The summed E-state index contributed by atoms with van der Waals surface area (Å²) >= 11 is 3.89. The minimum Gasteiger partial charge on any atom is -0.344 e. The Morgan fingerprint density at radius 1 is 1.47 bits per heavy atom. The van der Waals surface area contributed by atoms with Gasteiger partial charge in [-0.15, -0.1) is 0 Å². The molecule has 87 valence electrons. The highest BCUT2D eigenvalue weighted by Crippen LogP contribution is 1.98. The lowest BCUT2D eigenvalue weighted by molar-refractivity contribution is -0.122. The third kappa shape index (κ3) is 6.48. The maximum absolute atomic E-state index is 11.4. The van der Waals surface area contributed by atoms with Crippen molar-refractivity contribution in [2.24, 2.45) is 11.5 Å². The first-order valence-corrected chi connectivity index (χ1v) is 5.53. The zero-order chi connectivity index (χ0) is 11.7. The first-order chi connectivity index (χ1) is 7.15. The number of carbonyl (C=O) groups excluding carboxylic acids is 2. The van der Waals surface area contributed by atoms with Crippen molar-refractivity contribution in [2.75, 3.05) is 12.3 Å². The zero-order valence-electron chi connectivity index (χ0n) is 8.61. The third-order valence-electron chi connectivity index (χ3n) is 1.95. The SMILES string of the molecule is NCCCC[C@H](N)C(=O)N[C@H]([C]=O)CS. The van der Waals surface area contributed by atoms with Gasteiger partial charge in [0.1, 0.15) is 6.04 Å². The first kappa shape index (κ1) is 14.4. The van der Waals surface area contributed by atoms with Crippen LogP contribution in [0.2, 0.25) is 0 Å². The number of thiol groups is 1. The van der Waals surface area contributed by atoms with Crippen LogP contribution in [0.4, 0.5) is 0 Å². The summed E-state index contributed by atoms with van der Waals surface area (Å²) in [5.41, 5.74) is 10.9. The molecule has 0 spiro atoms. The Morgan fingerprint density at radius 3 is 2.60 bits per heavy atom. The summed E-state index contributed by atoms with van der Waals surface area (Å²) in [6.45, 7) is 0.593. The second-order valence-corrected chi connectivity index (χ2v) is 3.62. The molecule has 0 saturated carbocycles. The van der Waals surface area contributed by atoms with Gasteiger partial charge in [-0.25, -0.2) is 0 Å². The highest BCUT2D eigenvalue weighted by atomic mass is 32.1. The van der Waals surface area contributed by atoms with Crippen LogP contribution in [-0.2, 0) is 9.59 Å². The highest BCUT2D eigenvalue weighted by molar-refractivity contribution is 7.80. The number of hydrogen-bond donors (Lipinski definition) is 4. The number of rotatable bonds is 8. The molecule has 1 amide bonds. The van der Waals surface area contributed by atoms with Gasteiger partial charge in [0, 0.05) is 5.75 Å². The Kier molecular flexibility index (Phi) is 8.35. The van der Waals surface area contributed by atoms with E-state index in [1.807, 2.05) is 0 Å². The number of unbranched alkanes of at least 4 members (excludes halogenated alkanes) is 1. The van der Waals surface area contributed by atoms with Gasteiger partial charge < -0.3 is 16.8 Å². The number of nitrogens with one attached hydrogen (secondary N) is 1. The molecule has 0 aromatic carbocycles. The Bertz CT molecular complexity index is 202. The second-order valence-electron chi connectivity index (χ2n) is 3.25. The van der Waals surface area contributed by atoms with Crippen molar-refractivity contribution in [3.63, 3.8) is 0 Å². The van der Waals surface area contributed by atoms with Gasteiger partial charge in [0.25, 0.3) is 0 Å². The lowest BCUT2D eigenvalue weighted by Gasteiger charge is -2.14. The molecule has 0 aliphatic carbocycles. The van der Waals surface area contributed by atoms with Crippen LogP contribution < -0.4 is 16.8 Å². The van der Waals surface area contributed by atoms with E-state index in [2.05, 4.69) is 17.9 Å². The Morgan fingerprint density at radius 2 is 2.13 bits per heavy atom. The summed E-state index contributed by atoms with van der Waals surface area (Å²) in [7, 11) is 0. The lowest BCUT2D eigenvalue weighted by atomic mass is 10.1. The van der Waals surface area contributed by atoms with Crippen molar-refractivity contribution in [2.45, 2.75) is 31.3 Å². The molecule has 2 atom stereocenters. The summed E-state index contributed by atoms with van der Waals surface area (Å²) < 4.78 is 0. The molecule has 0 fully saturated rings. The lowest BCUT2D eigenvalue weighted by Crippen LogP contribution is -2.46. The van der Waals surface area contributed by atoms with E-state index < -0.39 is 12.1 Å². The maximum atomic E-state index is 11.4. The number of hydrogen-bond acceptors (Lipinski definition) is 5. The predicted molar refractivity (Wildman–Crippen MR) is 62.4 cm³/mol. The molecule has 0 aliphatic heterocycles. The fourth-order valence-electron chi connectivity index (χ4n) is 1.03. The molecule has 0 aromatic rings. The minimum absolute atomic E-state index is 0.227. The Hall–Kier alpha value is -0.590. The largest absolute Gasteiger partial charge is 0.344 e. The van der Waals surface area contributed by atoms with Crippen molar-refractivity contribution in [1.82, 2.24) is 5.32 Å². The molecule has 5 nitrogen and oxygen atoms in total. The van der Waals surface area contributed by atoms with Gasteiger partial charge in [0.15, 0.2) is 0 Å². The van der Waals surface area contributed by atoms with Crippen molar-refractivity contribution < 1.29 is 9.59 Å². The van der Waals surface area contributed by atoms with Crippen molar-refractivity contribution in [1.29, 1.82) is 0 Å². The molecule has 5 N–H and O–H groups in total. The predicted octanol–water partition coefficient (Wildman–Crippen LogP) is -1.03. The van der Waals surface area contributed by atoms with Gasteiger partial charge in [-0.3, -0.25) is 9.59 Å². The molecular formula is C9H18N3O2S. The fourth-order valence-corrected chi connectivity index (χ4v) is 1.20. The Balaban J connectivity index is 3.81. The van der Waals surface area contributed by atoms with Gasteiger partial charge in [0.05, 0.1) is 6.04 Å². The molecule has 0 bridgehead atoms. The van der Waals surface area contributed by atoms with Gasteiger partial charge in [0.2, 0.25) is 12.2 Å². The molecular weight excluding hydrogens is 214 g/mol. The normalized spacial score (nSPS) is 14.3. The van der Waals surface area contributed by atoms with Crippen LogP contribution in [0.15, 0.2) is 0 Å². The Labute approximate surface area is 95.4 Å². The molecule has 0 heterocycles. The second kappa shape index (κ2) is 8.70. The van der Waals surface area contributed by atoms with E-state index in [4.69, 9.17) is 11.5 Å². The summed E-state index contributed by atoms with van der Waals surface area (Å²) in [6, 6.07) is -1.27. The summed E-state index contributed by atoms with van der Waals surface area (Å²) in [6.07, 6.45) is 3.89. The number of carbonyl (C=O) groups is 1. The van der Waals surface area contributed by atoms with Gasteiger partial charge in [-0.1, -0.05) is 6.42 Å². The van der Waals surface area contributed by atoms with Crippen molar-refractivity contribution in [3.05, 3.63) is 0 Å². The average Bonchev–Trinajstić information content (AvgIpc) is 2.25. The smallest absolute Gasteiger partial charge is 0.237 e. The van der Waals surface area contributed by atoms with Crippen LogP contribution >= 0.6 is 12.6 Å². The van der Waals surface area contributed by atoms with E-state index in [9.17, 15) is 9.59 Å². The minimum atomic E-state index is -0.679. The average molecular weight is 232 g/mol. The van der Waals surface area contributed by atoms with E-state index in [1.165, 1.54) is 0 Å². The molecule has 0 aliphatic rings. The quantitative estimate of drug-likeness (QED) is 0.317. The van der Waals surface area contributed by atoms with Crippen LogP contribution in [0.25, 0.3) is 0 Å². The van der Waals surface area contributed by atoms with E-state index in [0.29, 0.717) is 13.0 Å². The van der Waals surface area contributed by atoms with Gasteiger partial charge >= 0.3 is 0 Å². The molecule has 15 heavy (non-hydrogen) atoms. The molecule has 0 aromatic heterocycles. The van der Waals surface area contributed by atoms with E-state index >= 15 is 0 Å². The van der Waals surface area contributed by atoms with Gasteiger partial charge in [-0.05, 0) is 19.4 Å². The molecule has 1 radical (unpaired) electrons. The van der Waals surface area contributed by atoms with Crippen LogP contribution in [0.1, 0.15) is 19.3 Å². The summed E-state index contributed by atoms with van der Waals surface area (Å²) in [5, 5.41) is 2.45. The van der Waals surface area contributed by atoms with Crippen LogP contribution in [0, 0.1) is 0 Å². The number of nitrogens with two attached hydrogens (primary N) is 2. The third-order valence-corrected chi connectivity index (χ3v) is 2.31. The van der Waals surface area contributed by atoms with Crippen LogP contribution in [-0.4, -0.2) is 36.6 Å². The molecule has 0 rings (SSSR count). The summed E-state index contributed by atoms with van der Waals surface area (Å²) in [5.74, 6) is -0.112. The molecule has 6 heteroatoms. The topological polar surface area (TPSA) is 98.2 Å². The van der Waals surface area contributed by atoms with E-state index in [0.717, 1.165) is 12.8 Å². The van der Waals surface area contributed by atoms with E-state index in [1.54, 1.807) is 6.29 Å². The van der Waals surface area contributed by atoms with Gasteiger partial charge in [-0.2, -0.15) is 12.6 Å². The molecule has 0 saturated heterocycles. The monoisotopic (exact) mass is 232 g/mol. The van der Waals surface area contributed by atoms with Crippen LogP contribution in [0.3, 0.4) is 0 Å². The maximum Gasteiger partial charge on any atom is 0.237 e. The fraction of sp³-hybridized carbons (Fsp3) is 0.778. The number of amides is 1. The van der Waals surface area contributed by atoms with E-state index in [-0.39, 0.29) is 11.7 Å². The zero-order valence-corrected chi connectivity index (χ0v) is 9.50. The molecule has 0 unspecified atom stereocenters. The first-order valence-electron chi connectivity index (χ1n) is 4.90. The van der Waals surface area contributed by atoms with Crippen molar-refractivity contribution >= 4 is 24.8 Å². The highest BCUT2D eigenvalue weighted by Gasteiger charge is 2.16.